The average Bonchev–Trinajstić information content (AvgIpc) is 2.86. The van der Waals surface area contributed by atoms with Crippen molar-refractivity contribution in [2.45, 2.75) is 6.10 Å². The lowest BCUT2D eigenvalue weighted by Crippen LogP contribution is -2.42. The van der Waals surface area contributed by atoms with Gasteiger partial charge in [-0.1, -0.05) is 72.8 Å². The molecular weight excluding hydrogens is 412 g/mol. The van der Waals surface area contributed by atoms with Gasteiger partial charge < -0.3 is 9.47 Å². The minimum Gasteiger partial charge on any atom is -0.485 e. The number of fused-ring (bicyclic) bond motifs is 4. The highest BCUT2D eigenvalue weighted by Gasteiger charge is 2.27. The molecule has 0 radical (unpaired) electrons. The van der Waals surface area contributed by atoms with Gasteiger partial charge in [0, 0.05) is 5.56 Å². The van der Waals surface area contributed by atoms with Crippen molar-refractivity contribution in [2.24, 2.45) is 5.10 Å². The van der Waals surface area contributed by atoms with Crippen LogP contribution in [0.15, 0.2) is 96.1 Å². The van der Waals surface area contributed by atoms with E-state index < -0.39 is 6.10 Å². The van der Waals surface area contributed by atoms with Crippen molar-refractivity contribution in [1.29, 1.82) is 0 Å². The van der Waals surface area contributed by atoms with Gasteiger partial charge in [-0.15, -0.1) is 0 Å². The summed E-state index contributed by atoms with van der Waals surface area (Å²) < 4.78 is 11.7. The summed E-state index contributed by atoms with van der Waals surface area (Å²) in [6.07, 6.45) is 0.924. The Labute approximate surface area is 190 Å². The second-order valence-corrected chi connectivity index (χ2v) is 8.03. The third kappa shape index (κ3) is 3.53. The highest BCUT2D eigenvalue weighted by molar-refractivity contribution is 6.13. The van der Waals surface area contributed by atoms with Gasteiger partial charge >= 0.3 is 0 Å². The van der Waals surface area contributed by atoms with Crippen LogP contribution in [0.25, 0.3) is 32.3 Å². The van der Waals surface area contributed by atoms with Crippen LogP contribution in [0.1, 0.15) is 5.56 Å². The van der Waals surface area contributed by atoms with Crippen molar-refractivity contribution < 1.29 is 14.3 Å². The Morgan fingerprint density at radius 3 is 2.03 bits per heavy atom. The number of carbonyl (C=O) groups is 1. The quantitative estimate of drug-likeness (QED) is 0.235. The number of nitrogens with zero attached hydrogens (tertiary/aromatic N) is 1. The topological polar surface area (TPSA) is 59.9 Å². The molecular formula is C28H20N2O3. The summed E-state index contributed by atoms with van der Waals surface area (Å²) in [5.74, 6) is 0.849. The first-order chi connectivity index (χ1) is 16.3. The van der Waals surface area contributed by atoms with Crippen molar-refractivity contribution in [1.82, 2.24) is 5.43 Å². The van der Waals surface area contributed by atoms with Gasteiger partial charge in [0.1, 0.15) is 6.61 Å². The van der Waals surface area contributed by atoms with E-state index >= 15 is 0 Å². The Kier molecular flexibility index (Phi) is 4.65. The predicted molar refractivity (Wildman–Crippen MR) is 131 cm³/mol. The van der Waals surface area contributed by atoms with Gasteiger partial charge in [0.25, 0.3) is 5.91 Å². The second kappa shape index (κ2) is 7.95. The molecule has 1 N–H and O–H groups in total. The Morgan fingerprint density at radius 2 is 1.36 bits per heavy atom. The molecule has 0 fully saturated rings. The molecule has 1 amide bonds. The summed E-state index contributed by atoms with van der Waals surface area (Å²) in [5.41, 5.74) is 3.58. The summed E-state index contributed by atoms with van der Waals surface area (Å²) in [4.78, 5) is 12.8. The Balaban J connectivity index is 1.25. The molecule has 5 aromatic carbocycles. The van der Waals surface area contributed by atoms with Crippen LogP contribution in [0.2, 0.25) is 0 Å². The molecule has 6 rings (SSSR count). The maximum atomic E-state index is 12.8. The maximum Gasteiger partial charge on any atom is 0.284 e. The number of amides is 1. The number of rotatable bonds is 3. The van der Waals surface area contributed by atoms with Crippen LogP contribution < -0.4 is 14.9 Å². The number of hydrogen-bond donors (Lipinski definition) is 1. The van der Waals surface area contributed by atoms with Crippen LogP contribution in [0, 0.1) is 0 Å². The third-order valence-electron chi connectivity index (χ3n) is 5.95. The summed E-state index contributed by atoms with van der Waals surface area (Å²) in [6, 6.07) is 30.3. The SMILES string of the molecule is O=C(N/N=C\c1c2ccccc2cc2ccccc12)C1COc2cc3ccccc3cc2O1. The summed E-state index contributed by atoms with van der Waals surface area (Å²) in [6.45, 7) is 0.129. The Bertz CT molecular complexity index is 1500. The van der Waals surface area contributed by atoms with Gasteiger partial charge in [-0.2, -0.15) is 5.10 Å². The molecule has 0 bridgehead atoms. The molecule has 1 atom stereocenters. The van der Waals surface area contributed by atoms with E-state index in [9.17, 15) is 4.79 Å². The van der Waals surface area contributed by atoms with Crippen LogP contribution in [0.5, 0.6) is 11.5 Å². The Hall–Kier alpha value is -4.38. The minimum absolute atomic E-state index is 0.129. The number of ether oxygens (including phenoxy) is 2. The van der Waals surface area contributed by atoms with Crippen LogP contribution in [0.4, 0.5) is 0 Å². The third-order valence-corrected chi connectivity index (χ3v) is 5.95. The van der Waals surface area contributed by atoms with Gasteiger partial charge in [0.2, 0.25) is 6.10 Å². The van der Waals surface area contributed by atoms with Crippen molar-refractivity contribution in [2.75, 3.05) is 6.61 Å². The van der Waals surface area contributed by atoms with E-state index in [2.05, 4.69) is 40.9 Å². The van der Waals surface area contributed by atoms with Gasteiger partial charge in [0.05, 0.1) is 6.21 Å². The molecule has 1 heterocycles. The predicted octanol–water partition coefficient (Wildman–Crippen LogP) is 5.44. The normalized spacial score (nSPS) is 15.3. The monoisotopic (exact) mass is 432 g/mol. The molecule has 0 saturated carbocycles. The van der Waals surface area contributed by atoms with Crippen LogP contribution in [-0.2, 0) is 4.79 Å². The van der Waals surface area contributed by atoms with Crippen molar-refractivity contribution in [3.8, 4) is 11.5 Å². The summed E-state index contributed by atoms with van der Waals surface area (Å²) in [5, 5.41) is 10.8. The van der Waals surface area contributed by atoms with E-state index in [1.54, 1.807) is 6.21 Å². The van der Waals surface area contributed by atoms with E-state index in [-0.39, 0.29) is 12.5 Å². The average molecular weight is 432 g/mol. The smallest absolute Gasteiger partial charge is 0.284 e. The summed E-state index contributed by atoms with van der Waals surface area (Å²) >= 11 is 0. The lowest BCUT2D eigenvalue weighted by molar-refractivity contribution is -0.130. The zero-order chi connectivity index (χ0) is 22.2. The number of carbonyl (C=O) groups excluding carboxylic acids is 1. The largest absolute Gasteiger partial charge is 0.485 e. The van der Waals surface area contributed by atoms with E-state index in [1.165, 1.54) is 0 Å². The van der Waals surface area contributed by atoms with E-state index in [0.717, 1.165) is 37.9 Å². The molecule has 1 aliphatic heterocycles. The molecule has 33 heavy (non-hydrogen) atoms. The maximum absolute atomic E-state index is 12.8. The molecule has 5 aromatic rings. The molecule has 0 aliphatic carbocycles. The van der Waals surface area contributed by atoms with E-state index in [1.807, 2.05) is 60.7 Å². The lowest BCUT2D eigenvalue weighted by atomic mass is 9.97. The van der Waals surface area contributed by atoms with Crippen molar-refractivity contribution in [3.63, 3.8) is 0 Å². The number of nitrogens with one attached hydrogen (secondary N) is 1. The van der Waals surface area contributed by atoms with E-state index in [4.69, 9.17) is 9.47 Å². The molecule has 0 spiro atoms. The first kappa shape index (κ1) is 19.3. The number of hydrazone groups is 1. The minimum atomic E-state index is -0.778. The van der Waals surface area contributed by atoms with Gasteiger partial charge in [0.15, 0.2) is 11.5 Å². The lowest BCUT2D eigenvalue weighted by Gasteiger charge is -2.25. The van der Waals surface area contributed by atoms with Crippen molar-refractivity contribution >= 4 is 44.4 Å². The first-order valence-corrected chi connectivity index (χ1v) is 10.8. The zero-order valence-electron chi connectivity index (χ0n) is 17.7. The molecule has 0 aromatic heterocycles. The molecule has 1 unspecified atom stereocenters. The van der Waals surface area contributed by atoms with E-state index in [0.29, 0.717) is 11.5 Å². The van der Waals surface area contributed by atoms with Crippen LogP contribution in [0.3, 0.4) is 0 Å². The number of hydrogen-bond acceptors (Lipinski definition) is 4. The fraction of sp³-hybridized carbons (Fsp3) is 0.0714. The molecule has 1 aliphatic rings. The first-order valence-electron chi connectivity index (χ1n) is 10.8. The molecule has 5 nitrogen and oxygen atoms in total. The molecule has 160 valence electrons. The van der Waals surface area contributed by atoms with Crippen LogP contribution >= 0.6 is 0 Å². The van der Waals surface area contributed by atoms with Gasteiger partial charge in [-0.25, -0.2) is 5.43 Å². The fourth-order valence-electron chi connectivity index (χ4n) is 4.31. The second-order valence-electron chi connectivity index (χ2n) is 8.03. The van der Waals surface area contributed by atoms with Crippen LogP contribution in [-0.4, -0.2) is 24.8 Å². The summed E-state index contributed by atoms with van der Waals surface area (Å²) in [7, 11) is 0. The van der Waals surface area contributed by atoms with Gasteiger partial charge in [-0.05, 0) is 50.5 Å². The highest BCUT2D eigenvalue weighted by atomic mass is 16.6. The zero-order valence-corrected chi connectivity index (χ0v) is 17.7. The van der Waals surface area contributed by atoms with Crippen molar-refractivity contribution in [3.05, 3.63) is 96.6 Å². The fourth-order valence-corrected chi connectivity index (χ4v) is 4.31. The number of benzene rings is 5. The molecule has 0 saturated heterocycles. The van der Waals surface area contributed by atoms with Gasteiger partial charge in [-0.3, -0.25) is 4.79 Å². The molecule has 5 heteroatoms. The Morgan fingerprint density at radius 1 is 0.788 bits per heavy atom. The standard InChI is InChI=1S/C28H20N2O3/c31-28(27-17-32-25-14-18-7-1-2-8-19(18)15-26(25)33-27)30-29-16-24-22-11-5-3-9-20(22)13-21-10-4-6-12-23(21)24/h1-16,27H,17H2,(H,30,31)/b29-16-. The highest BCUT2D eigenvalue weighted by Crippen LogP contribution is 2.36.